The van der Waals surface area contributed by atoms with Gasteiger partial charge < -0.3 is 14.3 Å². The molecule has 0 fully saturated rings. The molecule has 0 unspecified atom stereocenters. The molecule has 0 aliphatic rings. The van der Waals surface area contributed by atoms with Crippen LogP contribution in [0.2, 0.25) is 0 Å². The Bertz CT molecular complexity index is 1080. The number of rotatable bonds is 4. The molecule has 132 valence electrons. The maximum absolute atomic E-state index is 12.3. The second-order valence-electron chi connectivity index (χ2n) is 5.58. The minimum absolute atomic E-state index is 0.0785. The van der Waals surface area contributed by atoms with Gasteiger partial charge in [0.05, 0.1) is 4.92 Å². The number of fused-ring (bicyclic) bond motifs is 1. The first-order valence-corrected chi connectivity index (χ1v) is 7.53. The van der Waals surface area contributed by atoms with Gasteiger partial charge in [0.2, 0.25) is 0 Å². The minimum atomic E-state index is -0.874. The van der Waals surface area contributed by atoms with Gasteiger partial charge in [-0.15, -0.1) is 0 Å². The highest BCUT2D eigenvalue weighted by molar-refractivity contribution is 5.94. The lowest BCUT2D eigenvalue weighted by Crippen LogP contribution is -2.10. The van der Waals surface area contributed by atoms with E-state index in [2.05, 4.69) is 0 Å². The van der Waals surface area contributed by atoms with Crippen molar-refractivity contribution in [2.75, 3.05) is 0 Å². The van der Waals surface area contributed by atoms with Crippen LogP contribution in [-0.4, -0.2) is 16.0 Å². The predicted molar refractivity (Wildman–Crippen MR) is 91.1 cm³/mol. The monoisotopic (exact) mass is 355 g/mol. The lowest BCUT2D eigenvalue weighted by atomic mass is 10.1. The van der Waals surface area contributed by atoms with Crippen LogP contribution in [0.3, 0.4) is 0 Å². The number of ether oxygens (including phenoxy) is 1. The minimum Gasteiger partial charge on any atom is -0.508 e. The molecule has 1 heterocycles. The van der Waals surface area contributed by atoms with E-state index >= 15 is 0 Å². The molecule has 2 aromatic carbocycles. The van der Waals surface area contributed by atoms with E-state index in [9.17, 15) is 24.8 Å². The Morgan fingerprint density at radius 1 is 1.27 bits per heavy atom. The Labute approximate surface area is 146 Å². The van der Waals surface area contributed by atoms with Crippen LogP contribution in [0.1, 0.15) is 21.5 Å². The molecule has 8 heteroatoms. The molecule has 0 spiro atoms. The summed E-state index contributed by atoms with van der Waals surface area (Å²) in [5.41, 5.74) is -0.314. The smallest absolute Gasteiger partial charge is 0.345 e. The van der Waals surface area contributed by atoms with Gasteiger partial charge in [0.25, 0.3) is 5.69 Å². The van der Waals surface area contributed by atoms with Crippen LogP contribution in [0, 0.1) is 17.0 Å². The number of para-hydroxylation sites is 1. The van der Waals surface area contributed by atoms with Crippen LogP contribution < -0.4 is 5.63 Å². The van der Waals surface area contributed by atoms with Crippen molar-refractivity contribution in [2.24, 2.45) is 0 Å². The Morgan fingerprint density at radius 3 is 2.77 bits per heavy atom. The Balaban J connectivity index is 1.92. The van der Waals surface area contributed by atoms with Crippen molar-refractivity contribution in [2.45, 2.75) is 13.5 Å². The summed E-state index contributed by atoms with van der Waals surface area (Å²) in [6.07, 6.45) is 0. The summed E-state index contributed by atoms with van der Waals surface area (Å²) in [5.74, 6) is -0.953. The van der Waals surface area contributed by atoms with Crippen LogP contribution in [0.25, 0.3) is 11.0 Å². The normalized spacial score (nSPS) is 10.7. The zero-order valence-corrected chi connectivity index (χ0v) is 13.6. The Kier molecular flexibility index (Phi) is 4.40. The van der Waals surface area contributed by atoms with Crippen LogP contribution >= 0.6 is 0 Å². The lowest BCUT2D eigenvalue weighted by Gasteiger charge is -2.08. The number of hydrogen-bond acceptors (Lipinski definition) is 7. The molecule has 0 bridgehead atoms. The van der Waals surface area contributed by atoms with Gasteiger partial charge in [-0.25, -0.2) is 9.59 Å². The summed E-state index contributed by atoms with van der Waals surface area (Å²) in [6, 6.07) is 9.71. The zero-order valence-electron chi connectivity index (χ0n) is 13.6. The summed E-state index contributed by atoms with van der Waals surface area (Å²) in [7, 11) is 0. The first-order chi connectivity index (χ1) is 12.4. The summed E-state index contributed by atoms with van der Waals surface area (Å²) >= 11 is 0. The molecule has 0 saturated carbocycles. The number of hydrogen-bond donors (Lipinski definition) is 1. The van der Waals surface area contributed by atoms with E-state index in [4.69, 9.17) is 9.15 Å². The second-order valence-corrected chi connectivity index (χ2v) is 5.58. The molecule has 26 heavy (non-hydrogen) atoms. The van der Waals surface area contributed by atoms with Gasteiger partial charge in [0.15, 0.2) is 0 Å². The van der Waals surface area contributed by atoms with Gasteiger partial charge in [-0.1, -0.05) is 12.1 Å². The molecule has 3 rings (SSSR count). The van der Waals surface area contributed by atoms with Crippen LogP contribution in [0.4, 0.5) is 5.69 Å². The second kappa shape index (κ2) is 6.67. The van der Waals surface area contributed by atoms with E-state index in [0.29, 0.717) is 16.5 Å². The molecule has 0 atom stereocenters. The SMILES string of the molecule is Cc1cccc(C(=O)OCc2cc(=O)oc3cc(O)ccc23)c1[N+](=O)[O-]. The maximum Gasteiger partial charge on any atom is 0.345 e. The maximum atomic E-state index is 12.3. The molecule has 0 saturated heterocycles. The van der Waals surface area contributed by atoms with Crippen molar-refractivity contribution >= 4 is 22.6 Å². The van der Waals surface area contributed by atoms with Crippen molar-refractivity contribution in [3.8, 4) is 5.75 Å². The largest absolute Gasteiger partial charge is 0.508 e. The summed E-state index contributed by atoms with van der Waals surface area (Å²) in [6.45, 7) is 1.24. The number of carbonyl (C=O) groups is 1. The zero-order chi connectivity index (χ0) is 18.8. The van der Waals surface area contributed by atoms with Gasteiger partial charge >= 0.3 is 11.6 Å². The average molecular weight is 355 g/mol. The molecule has 0 amide bonds. The van der Waals surface area contributed by atoms with E-state index in [1.165, 1.54) is 43.3 Å². The number of phenols is 1. The molecule has 0 radical (unpaired) electrons. The highest BCUT2D eigenvalue weighted by Gasteiger charge is 2.23. The number of phenolic OH excluding ortho intramolecular Hbond substituents is 1. The Morgan fingerprint density at radius 2 is 2.04 bits per heavy atom. The van der Waals surface area contributed by atoms with Crippen LogP contribution in [0.15, 0.2) is 51.7 Å². The molecule has 1 N–H and O–H groups in total. The molecule has 1 aromatic heterocycles. The third kappa shape index (κ3) is 3.25. The average Bonchev–Trinajstić information content (AvgIpc) is 2.58. The highest BCUT2D eigenvalue weighted by atomic mass is 16.6. The van der Waals surface area contributed by atoms with Gasteiger partial charge in [-0.2, -0.15) is 0 Å². The van der Waals surface area contributed by atoms with Crippen molar-refractivity contribution in [1.29, 1.82) is 0 Å². The quantitative estimate of drug-likeness (QED) is 0.330. The summed E-state index contributed by atoms with van der Waals surface area (Å²) in [5, 5.41) is 21.1. The van der Waals surface area contributed by atoms with Crippen LogP contribution in [-0.2, 0) is 11.3 Å². The van der Waals surface area contributed by atoms with Gasteiger partial charge in [-0.3, -0.25) is 10.1 Å². The van der Waals surface area contributed by atoms with Crippen LogP contribution in [0.5, 0.6) is 5.75 Å². The van der Waals surface area contributed by atoms with Crippen molar-refractivity contribution in [3.63, 3.8) is 0 Å². The number of nitro benzene ring substituents is 1. The third-order valence-electron chi connectivity index (χ3n) is 3.81. The molecule has 0 aliphatic heterocycles. The third-order valence-corrected chi connectivity index (χ3v) is 3.81. The number of aryl methyl sites for hydroxylation is 1. The van der Waals surface area contributed by atoms with E-state index in [1.807, 2.05) is 0 Å². The van der Waals surface area contributed by atoms with Gasteiger partial charge in [0.1, 0.15) is 23.5 Å². The van der Waals surface area contributed by atoms with E-state index in [-0.39, 0.29) is 29.2 Å². The highest BCUT2D eigenvalue weighted by Crippen LogP contribution is 2.25. The summed E-state index contributed by atoms with van der Waals surface area (Å²) < 4.78 is 10.2. The predicted octanol–water partition coefficient (Wildman–Crippen LogP) is 3.07. The number of nitro groups is 1. The van der Waals surface area contributed by atoms with E-state index < -0.39 is 16.5 Å². The van der Waals surface area contributed by atoms with Gasteiger partial charge in [0, 0.05) is 28.6 Å². The fourth-order valence-corrected chi connectivity index (χ4v) is 2.63. The summed E-state index contributed by atoms with van der Waals surface area (Å²) in [4.78, 5) is 34.5. The number of carbonyl (C=O) groups excluding carboxylic acids is 1. The molecule has 3 aromatic rings. The van der Waals surface area contributed by atoms with Crippen molar-refractivity contribution in [3.05, 3.63) is 79.7 Å². The molecular weight excluding hydrogens is 342 g/mol. The first-order valence-electron chi connectivity index (χ1n) is 7.53. The van der Waals surface area contributed by atoms with Gasteiger partial charge in [-0.05, 0) is 25.1 Å². The van der Waals surface area contributed by atoms with E-state index in [1.54, 1.807) is 0 Å². The number of nitrogens with zero attached hydrogens (tertiary/aromatic N) is 1. The fourth-order valence-electron chi connectivity index (χ4n) is 2.63. The standard InChI is InChI=1S/C18H13NO7/c1-10-3-2-4-14(17(10)19(23)24)18(22)25-9-11-7-16(21)26-15-8-12(20)5-6-13(11)15/h2-8,20H,9H2,1H3. The van der Waals surface area contributed by atoms with Crippen molar-refractivity contribution in [1.82, 2.24) is 0 Å². The topological polar surface area (TPSA) is 120 Å². The van der Waals surface area contributed by atoms with E-state index in [0.717, 1.165) is 6.07 Å². The fraction of sp³-hybridized carbons (Fsp3) is 0.111. The Hall–Kier alpha value is -3.68. The number of benzene rings is 2. The van der Waals surface area contributed by atoms with Crippen molar-refractivity contribution < 1.29 is 24.0 Å². The number of aromatic hydroxyl groups is 1. The lowest BCUT2D eigenvalue weighted by molar-refractivity contribution is -0.385. The first kappa shape index (κ1) is 17.2. The molecule has 0 aliphatic carbocycles. The number of esters is 1. The molecule has 8 nitrogen and oxygen atoms in total. The molecular formula is C18H13NO7.